The van der Waals surface area contributed by atoms with Gasteiger partial charge < -0.3 is 4.74 Å². The van der Waals surface area contributed by atoms with E-state index in [1.165, 1.54) is 0 Å². The van der Waals surface area contributed by atoms with Gasteiger partial charge in [-0.3, -0.25) is 10.1 Å². The molecular formula is C13H6F5NO3. The van der Waals surface area contributed by atoms with Crippen LogP contribution < -0.4 is 4.74 Å². The van der Waals surface area contributed by atoms with Crippen molar-refractivity contribution in [3.05, 3.63) is 63.7 Å². The highest BCUT2D eigenvalue weighted by molar-refractivity contribution is 5.43. The molecule has 0 aromatic heterocycles. The largest absolute Gasteiger partial charge is 0.454 e. The molecule has 2 aromatic rings. The summed E-state index contributed by atoms with van der Waals surface area (Å²) in [6.07, 6.45) is -4.63. The minimum atomic E-state index is -4.63. The Balaban J connectivity index is 2.39. The van der Waals surface area contributed by atoms with Gasteiger partial charge in [0, 0.05) is 6.07 Å². The van der Waals surface area contributed by atoms with Crippen LogP contribution in [0.3, 0.4) is 0 Å². The lowest BCUT2D eigenvalue weighted by Crippen LogP contribution is -2.04. The van der Waals surface area contributed by atoms with Crippen molar-refractivity contribution < 1.29 is 31.6 Å². The molecule has 0 amide bonds. The first kappa shape index (κ1) is 15.7. The topological polar surface area (TPSA) is 52.4 Å². The second kappa shape index (κ2) is 5.58. The standard InChI is InChI=1S/C13H6F5NO3/c14-9-5-10(15)12(6-11(9)19(20)21)22-8-3-1-2-7(4-8)13(16,17)18/h1-6H. The molecule has 0 radical (unpaired) electrons. The number of nitro benzene ring substituents is 1. The molecule has 0 spiro atoms. The number of benzene rings is 2. The molecule has 0 fully saturated rings. The van der Waals surface area contributed by atoms with E-state index in [0.29, 0.717) is 12.1 Å². The van der Waals surface area contributed by atoms with Crippen molar-refractivity contribution in [2.75, 3.05) is 0 Å². The van der Waals surface area contributed by atoms with Gasteiger partial charge in [0.25, 0.3) is 0 Å². The molecule has 4 nitrogen and oxygen atoms in total. The summed E-state index contributed by atoms with van der Waals surface area (Å²) in [6.45, 7) is 0. The van der Waals surface area contributed by atoms with Gasteiger partial charge in [-0.15, -0.1) is 0 Å². The lowest BCUT2D eigenvalue weighted by molar-refractivity contribution is -0.387. The Labute approximate surface area is 119 Å². The summed E-state index contributed by atoms with van der Waals surface area (Å²) in [7, 11) is 0. The van der Waals surface area contributed by atoms with Gasteiger partial charge in [0.1, 0.15) is 5.75 Å². The van der Waals surface area contributed by atoms with Gasteiger partial charge >= 0.3 is 11.9 Å². The van der Waals surface area contributed by atoms with Gasteiger partial charge in [0.2, 0.25) is 5.82 Å². The fraction of sp³-hybridized carbons (Fsp3) is 0.0769. The van der Waals surface area contributed by atoms with E-state index in [1.54, 1.807) is 0 Å². The summed E-state index contributed by atoms with van der Waals surface area (Å²) in [6, 6.07) is 4.18. The number of halogens is 5. The van der Waals surface area contributed by atoms with Gasteiger partial charge in [0.15, 0.2) is 11.6 Å². The maximum atomic E-state index is 13.5. The van der Waals surface area contributed by atoms with Crippen LogP contribution in [0.25, 0.3) is 0 Å². The maximum absolute atomic E-state index is 13.5. The summed E-state index contributed by atoms with van der Waals surface area (Å²) in [5.41, 5.74) is -2.09. The van der Waals surface area contributed by atoms with Gasteiger partial charge in [-0.2, -0.15) is 17.6 Å². The van der Waals surface area contributed by atoms with Crippen LogP contribution >= 0.6 is 0 Å². The van der Waals surface area contributed by atoms with Crippen molar-refractivity contribution in [1.29, 1.82) is 0 Å². The molecule has 116 valence electrons. The highest BCUT2D eigenvalue weighted by Gasteiger charge is 2.30. The number of nitro groups is 1. The van der Waals surface area contributed by atoms with Gasteiger partial charge in [-0.25, -0.2) is 4.39 Å². The van der Waals surface area contributed by atoms with Crippen LogP contribution in [0.5, 0.6) is 11.5 Å². The van der Waals surface area contributed by atoms with Crippen LogP contribution in [0.1, 0.15) is 5.56 Å². The summed E-state index contributed by atoms with van der Waals surface area (Å²) in [5, 5.41) is 10.6. The number of alkyl halides is 3. The SMILES string of the molecule is O=[N+]([O-])c1cc(Oc2cccc(C(F)(F)F)c2)c(F)cc1F. The molecule has 0 aliphatic rings. The monoisotopic (exact) mass is 319 g/mol. The Morgan fingerprint density at radius 3 is 2.32 bits per heavy atom. The van der Waals surface area contributed by atoms with E-state index in [0.717, 1.165) is 18.2 Å². The third-order valence-electron chi connectivity index (χ3n) is 2.59. The first-order chi connectivity index (χ1) is 10.2. The average Bonchev–Trinajstić information content (AvgIpc) is 2.41. The van der Waals surface area contributed by atoms with E-state index in [9.17, 15) is 32.1 Å². The van der Waals surface area contributed by atoms with Crippen LogP contribution in [0, 0.1) is 21.7 Å². The number of nitrogens with zero attached hydrogens (tertiary/aromatic N) is 1. The van der Waals surface area contributed by atoms with E-state index < -0.39 is 45.5 Å². The van der Waals surface area contributed by atoms with E-state index in [-0.39, 0.29) is 6.07 Å². The Bertz CT molecular complexity index is 730. The summed E-state index contributed by atoms with van der Waals surface area (Å²) in [5.74, 6) is -3.85. The Hall–Kier alpha value is -2.71. The van der Waals surface area contributed by atoms with E-state index >= 15 is 0 Å². The smallest absolute Gasteiger partial charge is 0.416 e. The van der Waals surface area contributed by atoms with Crippen molar-refractivity contribution in [3.8, 4) is 11.5 Å². The molecule has 0 saturated carbocycles. The molecule has 0 bridgehead atoms. The molecule has 9 heteroatoms. The number of hydrogen-bond donors (Lipinski definition) is 0. The minimum Gasteiger partial charge on any atom is -0.454 e. The van der Waals surface area contributed by atoms with Crippen molar-refractivity contribution in [2.24, 2.45) is 0 Å². The zero-order valence-corrected chi connectivity index (χ0v) is 10.5. The van der Waals surface area contributed by atoms with Crippen molar-refractivity contribution in [3.63, 3.8) is 0 Å². The Morgan fingerprint density at radius 1 is 1.05 bits per heavy atom. The quantitative estimate of drug-likeness (QED) is 0.469. The molecule has 0 heterocycles. The number of rotatable bonds is 3. The van der Waals surface area contributed by atoms with E-state index in [4.69, 9.17) is 4.74 Å². The first-order valence-electron chi connectivity index (χ1n) is 5.67. The van der Waals surface area contributed by atoms with Crippen LogP contribution in [0.15, 0.2) is 36.4 Å². The minimum absolute atomic E-state index is 0.223. The summed E-state index contributed by atoms with van der Waals surface area (Å²) >= 11 is 0. The van der Waals surface area contributed by atoms with E-state index in [1.807, 2.05) is 0 Å². The molecule has 0 aliphatic carbocycles. The second-order valence-electron chi connectivity index (χ2n) is 4.12. The predicted octanol–water partition coefficient (Wildman–Crippen LogP) is 4.68. The van der Waals surface area contributed by atoms with Crippen molar-refractivity contribution >= 4 is 5.69 Å². The molecule has 0 aliphatic heterocycles. The highest BCUT2D eigenvalue weighted by Crippen LogP contribution is 2.34. The Morgan fingerprint density at radius 2 is 1.73 bits per heavy atom. The van der Waals surface area contributed by atoms with Gasteiger partial charge in [-0.05, 0) is 18.2 Å². The number of hydrogen-bond acceptors (Lipinski definition) is 3. The summed E-state index contributed by atoms with van der Waals surface area (Å²) < 4.78 is 69.1. The van der Waals surface area contributed by atoms with Crippen molar-refractivity contribution in [1.82, 2.24) is 0 Å². The Kier molecular flexibility index (Phi) is 3.98. The molecule has 0 N–H and O–H groups in total. The highest BCUT2D eigenvalue weighted by atomic mass is 19.4. The van der Waals surface area contributed by atoms with Gasteiger partial charge in [-0.1, -0.05) is 6.07 Å². The molecule has 0 saturated heterocycles. The first-order valence-corrected chi connectivity index (χ1v) is 5.67. The third kappa shape index (κ3) is 3.30. The molecule has 0 atom stereocenters. The molecular weight excluding hydrogens is 313 g/mol. The van der Waals surface area contributed by atoms with Crippen LogP contribution in [-0.2, 0) is 6.18 Å². The fourth-order valence-corrected chi connectivity index (χ4v) is 1.60. The van der Waals surface area contributed by atoms with E-state index in [2.05, 4.69) is 0 Å². The molecule has 2 rings (SSSR count). The predicted molar refractivity (Wildman–Crippen MR) is 64.5 cm³/mol. The molecule has 22 heavy (non-hydrogen) atoms. The zero-order chi connectivity index (χ0) is 16.5. The third-order valence-corrected chi connectivity index (χ3v) is 2.59. The molecule has 2 aromatic carbocycles. The lowest BCUT2D eigenvalue weighted by atomic mass is 10.2. The average molecular weight is 319 g/mol. The van der Waals surface area contributed by atoms with Crippen LogP contribution in [-0.4, -0.2) is 4.92 Å². The molecule has 0 unspecified atom stereocenters. The fourth-order valence-electron chi connectivity index (χ4n) is 1.60. The van der Waals surface area contributed by atoms with Crippen molar-refractivity contribution in [2.45, 2.75) is 6.18 Å². The summed E-state index contributed by atoms with van der Waals surface area (Å²) in [4.78, 5) is 9.46. The maximum Gasteiger partial charge on any atom is 0.416 e. The van der Waals surface area contributed by atoms with Crippen LogP contribution in [0.4, 0.5) is 27.6 Å². The normalized spacial score (nSPS) is 11.3. The lowest BCUT2D eigenvalue weighted by Gasteiger charge is -2.10. The van der Waals surface area contributed by atoms with Gasteiger partial charge in [0.05, 0.1) is 16.6 Å². The van der Waals surface area contributed by atoms with Crippen LogP contribution in [0.2, 0.25) is 0 Å². The zero-order valence-electron chi connectivity index (χ0n) is 10.5. The number of ether oxygens (including phenoxy) is 1. The second-order valence-corrected chi connectivity index (χ2v) is 4.12.